The SMILES string of the molecule is CC(=O)SC1CC(=O)N(Cc2nccs2)C1. The zero-order valence-electron chi connectivity index (χ0n) is 8.88. The number of amides is 1. The molecule has 0 aliphatic carbocycles. The molecule has 1 fully saturated rings. The van der Waals surface area contributed by atoms with Crippen molar-refractivity contribution in [2.45, 2.75) is 25.1 Å². The third-order valence-corrected chi connectivity index (χ3v) is 4.07. The molecule has 1 aliphatic heterocycles. The van der Waals surface area contributed by atoms with Gasteiger partial charge in [0.15, 0.2) is 5.12 Å². The zero-order valence-corrected chi connectivity index (χ0v) is 10.5. The summed E-state index contributed by atoms with van der Waals surface area (Å²) in [6, 6.07) is 0. The molecule has 1 aromatic rings. The number of aromatic nitrogens is 1. The van der Waals surface area contributed by atoms with Crippen LogP contribution in [-0.2, 0) is 16.1 Å². The lowest BCUT2D eigenvalue weighted by molar-refractivity contribution is -0.128. The minimum absolute atomic E-state index is 0.0777. The molecular formula is C10H12N2O2S2. The molecule has 1 amide bonds. The lowest BCUT2D eigenvalue weighted by Crippen LogP contribution is -2.24. The van der Waals surface area contributed by atoms with Gasteiger partial charge in [0, 0.05) is 36.7 Å². The number of thioether (sulfide) groups is 1. The number of rotatable bonds is 3. The van der Waals surface area contributed by atoms with Gasteiger partial charge in [-0.1, -0.05) is 11.8 Å². The Labute approximate surface area is 102 Å². The van der Waals surface area contributed by atoms with Crippen molar-refractivity contribution in [1.82, 2.24) is 9.88 Å². The molecule has 1 atom stereocenters. The van der Waals surface area contributed by atoms with Crippen molar-refractivity contribution in [2.75, 3.05) is 6.54 Å². The van der Waals surface area contributed by atoms with Gasteiger partial charge in [0.2, 0.25) is 5.91 Å². The number of hydrogen-bond donors (Lipinski definition) is 0. The molecule has 0 aromatic carbocycles. The first-order chi connectivity index (χ1) is 7.65. The predicted molar refractivity (Wildman–Crippen MR) is 64.2 cm³/mol. The van der Waals surface area contributed by atoms with Gasteiger partial charge in [0.05, 0.1) is 6.54 Å². The van der Waals surface area contributed by atoms with E-state index in [9.17, 15) is 9.59 Å². The maximum Gasteiger partial charge on any atom is 0.224 e. The van der Waals surface area contributed by atoms with E-state index in [1.54, 1.807) is 29.4 Å². The second-order valence-electron chi connectivity index (χ2n) is 3.64. The number of nitrogens with zero attached hydrogens (tertiary/aromatic N) is 2. The first-order valence-corrected chi connectivity index (χ1v) is 6.74. The molecule has 0 radical (unpaired) electrons. The van der Waals surface area contributed by atoms with Crippen molar-refractivity contribution in [3.63, 3.8) is 0 Å². The molecule has 86 valence electrons. The normalized spacial score (nSPS) is 20.4. The maximum absolute atomic E-state index is 11.7. The van der Waals surface area contributed by atoms with Gasteiger partial charge in [0.25, 0.3) is 0 Å². The van der Waals surface area contributed by atoms with Gasteiger partial charge in [-0.3, -0.25) is 9.59 Å². The van der Waals surface area contributed by atoms with Crippen LogP contribution in [0, 0.1) is 0 Å². The minimum atomic E-state index is 0.0777. The fourth-order valence-corrected chi connectivity index (χ4v) is 3.28. The molecule has 16 heavy (non-hydrogen) atoms. The summed E-state index contributed by atoms with van der Waals surface area (Å²) < 4.78 is 0. The van der Waals surface area contributed by atoms with Crippen molar-refractivity contribution in [3.05, 3.63) is 16.6 Å². The highest BCUT2D eigenvalue weighted by Crippen LogP contribution is 2.25. The summed E-state index contributed by atoms with van der Waals surface area (Å²) in [5.41, 5.74) is 0. The van der Waals surface area contributed by atoms with Crippen LogP contribution >= 0.6 is 23.1 Å². The van der Waals surface area contributed by atoms with Gasteiger partial charge in [0.1, 0.15) is 5.01 Å². The molecule has 0 bridgehead atoms. The Kier molecular flexibility index (Phi) is 3.60. The number of thiazole rings is 1. The van der Waals surface area contributed by atoms with Crippen LogP contribution in [0.2, 0.25) is 0 Å². The quantitative estimate of drug-likeness (QED) is 0.823. The lowest BCUT2D eigenvalue weighted by Gasteiger charge is -2.14. The Morgan fingerprint density at radius 1 is 1.75 bits per heavy atom. The second kappa shape index (κ2) is 4.97. The largest absolute Gasteiger partial charge is 0.335 e. The summed E-state index contributed by atoms with van der Waals surface area (Å²) in [5.74, 6) is 0.119. The smallest absolute Gasteiger partial charge is 0.224 e. The number of carbonyl (C=O) groups is 2. The highest BCUT2D eigenvalue weighted by molar-refractivity contribution is 8.14. The molecule has 0 N–H and O–H groups in total. The molecule has 1 saturated heterocycles. The maximum atomic E-state index is 11.7. The summed E-state index contributed by atoms with van der Waals surface area (Å²) in [6.07, 6.45) is 2.21. The Bertz CT molecular complexity index is 392. The molecule has 1 unspecified atom stereocenters. The Balaban J connectivity index is 1.92. The molecule has 1 aromatic heterocycles. The standard InChI is InChI=1S/C10H12N2O2S2/c1-7(13)16-8-4-10(14)12(5-8)6-9-11-2-3-15-9/h2-3,8H,4-6H2,1H3. The van der Waals surface area contributed by atoms with Crippen molar-refractivity contribution < 1.29 is 9.59 Å². The minimum Gasteiger partial charge on any atom is -0.335 e. The Morgan fingerprint density at radius 3 is 3.19 bits per heavy atom. The monoisotopic (exact) mass is 256 g/mol. The lowest BCUT2D eigenvalue weighted by atomic mass is 10.4. The molecule has 4 nitrogen and oxygen atoms in total. The highest BCUT2D eigenvalue weighted by atomic mass is 32.2. The van der Waals surface area contributed by atoms with Crippen LogP contribution in [0.3, 0.4) is 0 Å². The molecular weight excluding hydrogens is 244 g/mol. The van der Waals surface area contributed by atoms with E-state index in [0.29, 0.717) is 19.5 Å². The third kappa shape index (κ3) is 2.82. The van der Waals surface area contributed by atoms with Crippen molar-refractivity contribution in [3.8, 4) is 0 Å². The van der Waals surface area contributed by atoms with Crippen LogP contribution in [-0.4, -0.2) is 32.7 Å². The Morgan fingerprint density at radius 2 is 2.56 bits per heavy atom. The first-order valence-electron chi connectivity index (χ1n) is 4.98. The fraction of sp³-hybridized carbons (Fsp3) is 0.500. The molecule has 2 rings (SSSR count). The number of likely N-dealkylation sites (tertiary alicyclic amines) is 1. The van der Waals surface area contributed by atoms with Crippen LogP contribution in [0.5, 0.6) is 0 Å². The molecule has 6 heteroatoms. The van der Waals surface area contributed by atoms with Gasteiger partial charge >= 0.3 is 0 Å². The van der Waals surface area contributed by atoms with Crippen LogP contribution < -0.4 is 0 Å². The summed E-state index contributed by atoms with van der Waals surface area (Å²) in [7, 11) is 0. The van der Waals surface area contributed by atoms with E-state index in [4.69, 9.17) is 0 Å². The van der Waals surface area contributed by atoms with E-state index in [1.807, 2.05) is 5.38 Å². The van der Waals surface area contributed by atoms with Gasteiger partial charge in [-0.2, -0.15) is 0 Å². The summed E-state index contributed by atoms with van der Waals surface area (Å²) in [5, 5.41) is 3.04. The predicted octanol–water partition coefficient (Wildman–Crippen LogP) is 1.52. The summed E-state index contributed by atoms with van der Waals surface area (Å²) >= 11 is 2.81. The molecule has 1 aliphatic rings. The Hall–Kier alpha value is -0.880. The van der Waals surface area contributed by atoms with E-state index >= 15 is 0 Å². The van der Waals surface area contributed by atoms with Gasteiger partial charge < -0.3 is 4.90 Å². The third-order valence-electron chi connectivity index (χ3n) is 2.32. The second-order valence-corrected chi connectivity index (χ2v) is 6.09. The van der Waals surface area contributed by atoms with Gasteiger partial charge in [-0.05, 0) is 0 Å². The van der Waals surface area contributed by atoms with Gasteiger partial charge in [-0.25, -0.2) is 4.98 Å². The van der Waals surface area contributed by atoms with Crippen LogP contribution in [0.25, 0.3) is 0 Å². The van der Waals surface area contributed by atoms with Gasteiger partial charge in [-0.15, -0.1) is 11.3 Å². The highest BCUT2D eigenvalue weighted by Gasteiger charge is 2.31. The van der Waals surface area contributed by atoms with Crippen molar-refractivity contribution in [2.24, 2.45) is 0 Å². The summed E-state index contributed by atoms with van der Waals surface area (Å²) in [6.45, 7) is 2.77. The topological polar surface area (TPSA) is 50.3 Å². The first kappa shape index (κ1) is 11.6. The van der Waals surface area contributed by atoms with Crippen LogP contribution in [0.15, 0.2) is 11.6 Å². The average molecular weight is 256 g/mol. The average Bonchev–Trinajstić information content (AvgIpc) is 2.77. The van der Waals surface area contributed by atoms with E-state index in [-0.39, 0.29) is 16.3 Å². The number of hydrogen-bond acceptors (Lipinski definition) is 5. The number of carbonyl (C=O) groups excluding carboxylic acids is 2. The van der Waals surface area contributed by atoms with E-state index < -0.39 is 0 Å². The van der Waals surface area contributed by atoms with E-state index in [0.717, 1.165) is 5.01 Å². The summed E-state index contributed by atoms with van der Waals surface area (Å²) in [4.78, 5) is 28.6. The fourth-order valence-electron chi connectivity index (χ4n) is 1.70. The van der Waals surface area contributed by atoms with Crippen LogP contribution in [0.1, 0.15) is 18.4 Å². The van der Waals surface area contributed by atoms with E-state index in [1.165, 1.54) is 11.8 Å². The molecule has 2 heterocycles. The molecule has 0 saturated carbocycles. The zero-order chi connectivity index (χ0) is 11.5. The molecule has 0 spiro atoms. The van der Waals surface area contributed by atoms with E-state index in [2.05, 4.69) is 4.98 Å². The van der Waals surface area contributed by atoms with Crippen LogP contribution in [0.4, 0.5) is 0 Å². The van der Waals surface area contributed by atoms with Crippen molar-refractivity contribution in [1.29, 1.82) is 0 Å². The van der Waals surface area contributed by atoms with Crippen molar-refractivity contribution >= 4 is 34.1 Å².